The Hall–Kier alpha value is -3.80. The van der Waals surface area contributed by atoms with Crippen molar-refractivity contribution in [2.24, 2.45) is 0 Å². The summed E-state index contributed by atoms with van der Waals surface area (Å²) in [6.45, 7) is 4.63. The Kier molecular flexibility index (Phi) is 5.89. The molecular formula is C25H25N3O3. The van der Waals surface area contributed by atoms with Gasteiger partial charge in [0.15, 0.2) is 0 Å². The van der Waals surface area contributed by atoms with Gasteiger partial charge in [0.05, 0.1) is 18.3 Å². The quantitative estimate of drug-likeness (QED) is 0.463. The summed E-state index contributed by atoms with van der Waals surface area (Å²) >= 11 is 0. The first kappa shape index (κ1) is 20.5. The maximum atomic E-state index is 12.8. The van der Waals surface area contributed by atoms with Crippen molar-refractivity contribution in [3.05, 3.63) is 94.4 Å². The van der Waals surface area contributed by atoms with E-state index in [9.17, 15) is 9.59 Å². The van der Waals surface area contributed by atoms with Crippen LogP contribution in [0.1, 0.15) is 42.4 Å². The van der Waals surface area contributed by atoms with Crippen molar-refractivity contribution in [1.82, 2.24) is 14.9 Å². The summed E-state index contributed by atoms with van der Waals surface area (Å²) in [6.07, 6.45) is 0.927. The molecule has 2 heterocycles. The number of benzene rings is 2. The Labute approximate surface area is 180 Å². The van der Waals surface area contributed by atoms with Crippen LogP contribution in [0.15, 0.2) is 77.6 Å². The number of fused-ring (bicyclic) bond motifs is 1. The minimum atomic E-state index is -0.227. The zero-order valence-electron chi connectivity index (χ0n) is 17.6. The third-order valence-corrected chi connectivity index (χ3v) is 5.14. The Bertz CT molecular complexity index is 1240. The lowest BCUT2D eigenvalue weighted by Crippen LogP contribution is -2.27. The van der Waals surface area contributed by atoms with E-state index in [4.69, 9.17) is 4.74 Å². The smallest absolute Gasteiger partial charge is 0.268 e. The van der Waals surface area contributed by atoms with Gasteiger partial charge >= 0.3 is 0 Å². The van der Waals surface area contributed by atoms with Gasteiger partial charge in [-0.2, -0.15) is 0 Å². The summed E-state index contributed by atoms with van der Waals surface area (Å²) < 4.78 is 7.19. The average Bonchev–Trinajstić information content (AvgIpc) is 3.23. The van der Waals surface area contributed by atoms with Gasteiger partial charge in [-0.15, -0.1) is 0 Å². The Morgan fingerprint density at radius 1 is 1.06 bits per heavy atom. The molecule has 6 nitrogen and oxygen atoms in total. The zero-order valence-corrected chi connectivity index (χ0v) is 17.6. The van der Waals surface area contributed by atoms with E-state index in [-0.39, 0.29) is 17.5 Å². The first-order chi connectivity index (χ1) is 15.1. The Morgan fingerprint density at radius 2 is 1.81 bits per heavy atom. The van der Waals surface area contributed by atoms with Crippen LogP contribution < -0.4 is 15.6 Å². The molecule has 1 unspecified atom stereocenters. The van der Waals surface area contributed by atoms with Gasteiger partial charge in [-0.25, -0.2) is 0 Å². The summed E-state index contributed by atoms with van der Waals surface area (Å²) in [5.41, 5.74) is 2.52. The number of carbonyl (C=O) groups is 1. The average molecular weight is 415 g/mol. The zero-order chi connectivity index (χ0) is 21.8. The van der Waals surface area contributed by atoms with Crippen molar-refractivity contribution in [3.63, 3.8) is 0 Å². The van der Waals surface area contributed by atoms with E-state index in [2.05, 4.69) is 10.3 Å². The van der Waals surface area contributed by atoms with Crippen LogP contribution in [0.25, 0.3) is 16.7 Å². The number of pyridine rings is 1. The van der Waals surface area contributed by atoms with E-state index in [1.807, 2.05) is 68.4 Å². The standard InChI is InChI=1S/C25H25N3O3/c1-3-15-31-21-12-10-20(11-13-21)28-23(29)14-9-19-16-22(27-24(19)28)25(30)26-17(2)18-7-5-4-6-8-18/h4-14,16-17,27H,3,15H2,1-2H3,(H,26,30). The number of hydrogen-bond acceptors (Lipinski definition) is 3. The molecule has 4 aromatic rings. The molecule has 0 aliphatic heterocycles. The van der Waals surface area contributed by atoms with E-state index < -0.39 is 0 Å². The molecule has 0 radical (unpaired) electrons. The number of nitrogens with zero attached hydrogens (tertiary/aromatic N) is 1. The predicted molar refractivity (Wildman–Crippen MR) is 122 cm³/mol. The molecule has 158 valence electrons. The van der Waals surface area contributed by atoms with Crippen LogP contribution in [0.3, 0.4) is 0 Å². The van der Waals surface area contributed by atoms with Gasteiger partial charge in [-0.05, 0) is 55.3 Å². The molecular weight excluding hydrogens is 390 g/mol. The summed E-state index contributed by atoms with van der Waals surface area (Å²) in [6, 6.07) is 22.0. The van der Waals surface area contributed by atoms with E-state index in [1.54, 1.807) is 16.7 Å². The van der Waals surface area contributed by atoms with Crippen molar-refractivity contribution in [2.75, 3.05) is 6.61 Å². The van der Waals surface area contributed by atoms with Crippen LogP contribution >= 0.6 is 0 Å². The molecule has 0 spiro atoms. The van der Waals surface area contributed by atoms with Crippen molar-refractivity contribution in [2.45, 2.75) is 26.3 Å². The molecule has 2 aromatic heterocycles. The fourth-order valence-corrected chi connectivity index (χ4v) is 3.51. The highest BCUT2D eigenvalue weighted by atomic mass is 16.5. The second kappa shape index (κ2) is 8.92. The Morgan fingerprint density at radius 3 is 2.52 bits per heavy atom. The van der Waals surface area contributed by atoms with Gasteiger partial charge < -0.3 is 15.0 Å². The molecule has 2 aromatic carbocycles. The third-order valence-electron chi connectivity index (χ3n) is 5.14. The number of amides is 1. The molecule has 0 saturated heterocycles. The number of ether oxygens (including phenoxy) is 1. The van der Waals surface area contributed by atoms with E-state index in [0.717, 1.165) is 23.1 Å². The number of nitrogens with one attached hydrogen (secondary N) is 2. The summed E-state index contributed by atoms with van der Waals surface area (Å²) in [5.74, 6) is 0.530. The molecule has 0 bridgehead atoms. The number of rotatable bonds is 7. The van der Waals surface area contributed by atoms with Crippen molar-refractivity contribution in [1.29, 1.82) is 0 Å². The van der Waals surface area contributed by atoms with Crippen molar-refractivity contribution in [3.8, 4) is 11.4 Å². The molecule has 1 amide bonds. The van der Waals surface area contributed by atoms with Gasteiger partial charge in [0.1, 0.15) is 17.1 Å². The molecule has 0 aliphatic carbocycles. The second-order valence-electron chi connectivity index (χ2n) is 7.44. The highest BCUT2D eigenvalue weighted by Gasteiger charge is 2.16. The van der Waals surface area contributed by atoms with Crippen LogP contribution in [-0.2, 0) is 0 Å². The third kappa shape index (κ3) is 4.38. The summed E-state index contributed by atoms with van der Waals surface area (Å²) in [5, 5.41) is 3.78. The second-order valence-corrected chi connectivity index (χ2v) is 7.44. The minimum absolute atomic E-state index is 0.141. The fourth-order valence-electron chi connectivity index (χ4n) is 3.51. The molecule has 1 atom stereocenters. The van der Waals surface area contributed by atoms with Crippen LogP contribution in [0.4, 0.5) is 0 Å². The summed E-state index contributed by atoms with van der Waals surface area (Å²) in [7, 11) is 0. The van der Waals surface area contributed by atoms with E-state index in [0.29, 0.717) is 23.6 Å². The van der Waals surface area contributed by atoms with Crippen LogP contribution in [0, 0.1) is 0 Å². The number of hydrogen-bond donors (Lipinski definition) is 2. The van der Waals surface area contributed by atoms with Gasteiger partial charge in [0.2, 0.25) is 0 Å². The molecule has 4 rings (SSSR count). The number of H-pyrrole nitrogens is 1. The van der Waals surface area contributed by atoms with E-state index >= 15 is 0 Å². The summed E-state index contributed by atoms with van der Waals surface area (Å²) in [4.78, 5) is 28.6. The topological polar surface area (TPSA) is 76.1 Å². The minimum Gasteiger partial charge on any atom is -0.494 e. The maximum Gasteiger partial charge on any atom is 0.268 e. The lowest BCUT2D eigenvalue weighted by Gasteiger charge is -2.13. The highest BCUT2D eigenvalue weighted by Crippen LogP contribution is 2.21. The van der Waals surface area contributed by atoms with Crippen LogP contribution in [0.2, 0.25) is 0 Å². The van der Waals surface area contributed by atoms with Crippen molar-refractivity contribution >= 4 is 16.9 Å². The molecule has 6 heteroatoms. The molecule has 0 saturated carbocycles. The number of aromatic amines is 1. The van der Waals surface area contributed by atoms with Crippen LogP contribution in [-0.4, -0.2) is 22.1 Å². The fraction of sp³-hybridized carbons (Fsp3) is 0.200. The highest BCUT2D eigenvalue weighted by molar-refractivity contribution is 5.97. The molecule has 0 fully saturated rings. The SMILES string of the molecule is CCCOc1ccc(-n2c(=O)ccc3cc(C(=O)NC(C)c4ccccc4)[nH]c32)cc1. The lowest BCUT2D eigenvalue weighted by atomic mass is 10.1. The van der Waals surface area contributed by atoms with E-state index in [1.165, 1.54) is 6.07 Å². The monoisotopic (exact) mass is 415 g/mol. The first-order valence-electron chi connectivity index (χ1n) is 10.4. The molecule has 0 aliphatic rings. The first-order valence-corrected chi connectivity index (χ1v) is 10.4. The Balaban J connectivity index is 1.64. The normalized spacial score (nSPS) is 11.9. The van der Waals surface area contributed by atoms with Gasteiger partial charge in [0.25, 0.3) is 11.5 Å². The lowest BCUT2D eigenvalue weighted by molar-refractivity contribution is 0.0935. The number of aromatic nitrogens is 2. The maximum absolute atomic E-state index is 12.8. The van der Waals surface area contributed by atoms with Crippen molar-refractivity contribution < 1.29 is 9.53 Å². The number of carbonyl (C=O) groups excluding carboxylic acids is 1. The van der Waals surface area contributed by atoms with Gasteiger partial charge in [-0.3, -0.25) is 14.2 Å². The van der Waals surface area contributed by atoms with Crippen LogP contribution in [0.5, 0.6) is 5.75 Å². The predicted octanol–water partition coefficient (Wildman–Crippen LogP) is 4.60. The molecule has 2 N–H and O–H groups in total. The largest absolute Gasteiger partial charge is 0.494 e. The van der Waals surface area contributed by atoms with Gasteiger partial charge in [-0.1, -0.05) is 37.3 Å². The van der Waals surface area contributed by atoms with Gasteiger partial charge in [0, 0.05) is 11.5 Å². The molecule has 31 heavy (non-hydrogen) atoms.